The molecule has 0 bridgehead atoms. The molecule has 25 heavy (non-hydrogen) atoms. The molecule has 128 valence electrons. The van der Waals surface area contributed by atoms with Crippen molar-refractivity contribution in [2.24, 2.45) is 0 Å². The fraction of sp³-hybridized carbons (Fsp3) is 0.333. The Kier molecular flexibility index (Phi) is 4.52. The molecular weight excluding hydrogens is 314 g/mol. The molecule has 7 nitrogen and oxygen atoms in total. The zero-order valence-electron chi connectivity index (χ0n) is 14.7. The van der Waals surface area contributed by atoms with Gasteiger partial charge in [-0.05, 0) is 31.9 Å². The standard InChI is InChI=1S/C18H21N7/c1-4-6-25-10-15(11(3)24-25)16-8-13(14(9-19)18(20)21-16)17-7-12(5-2)22-23-17/h7-8,10H,4-6H2,1-3H3,(H2,20,21)(H,22,23). The minimum atomic E-state index is 0.207. The quantitative estimate of drug-likeness (QED) is 0.744. The van der Waals surface area contributed by atoms with Crippen LogP contribution in [-0.4, -0.2) is 25.0 Å². The molecule has 0 aliphatic carbocycles. The van der Waals surface area contributed by atoms with Crippen molar-refractivity contribution in [1.82, 2.24) is 25.0 Å². The molecule has 3 heterocycles. The summed E-state index contributed by atoms with van der Waals surface area (Å²) in [5.74, 6) is 0.207. The lowest BCUT2D eigenvalue weighted by Gasteiger charge is -2.07. The average Bonchev–Trinajstić information content (AvgIpc) is 3.21. The maximum absolute atomic E-state index is 9.49. The third-order valence-electron chi connectivity index (χ3n) is 4.12. The molecule has 0 aliphatic rings. The van der Waals surface area contributed by atoms with Gasteiger partial charge in [0.15, 0.2) is 0 Å². The Hall–Kier alpha value is -3.14. The molecule has 0 saturated heterocycles. The molecule has 3 aromatic rings. The van der Waals surface area contributed by atoms with E-state index in [1.165, 1.54) is 0 Å². The topological polar surface area (TPSA) is 109 Å². The summed E-state index contributed by atoms with van der Waals surface area (Å²) >= 11 is 0. The lowest BCUT2D eigenvalue weighted by molar-refractivity contribution is 0.598. The van der Waals surface area contributed by atoms with Gasteiger partial charge in [0, 0.05) is 29.6 Å². The number of anilines is 1. The highest BCUT2D eigenvalue weighted by molar-refractivity contribution is 5.78. The number of nitrogens with zero attached hydrogens (tertiary/aromatic N) is 5. The first-order valence-corrected chi connectivity index (χ1v) is 8.37. The molecule has 0 amide bonds. The number of aromatic amines is 1. The SMILES string of the molecule is CCCn1cc(-c2cc(-c3cc(CC)[nH]n3)c(C#N)c(N)n2)c(C)n1. The van der Waals surface area contributed by atoms with Crippen molar-refractivity contribution < 1.29 is 0 Å². The molecule has 0 aliphatic heterocycles. The van der Waals surface area contributed by atoms with Gasteiger partial charge in [0.25, 0.3) is 0 Å². The number of nitrogen functional groups attached to an aromatic ring is 1. The van der Waals surface area contributed by atoms with Crippen LogP contribution in [0.25, 0.3) is 22.5 Å². The van der Waals surface area contributed by atoms with E-state index < -0.39 is 0 Å². The van der Waals surface area contributed by atoms with Crippen LogP contribution < -0.4 is 5.73 Å². The van der Waals surface area contributed by atoms with Crippen LogP contribution >= 0.6 is 0 Å². The average molecular weight is 335 g/mol. The number of aromatic nitrogens is 5. The van der Waals surface area contributed by atoms with Crippen molar-refractivity contribution in [3.63, 3.8) is 0 Å². The third-order valence-corrected chi connectivity index (χ3v) is 4.12. The molecule has 3 N–H and O–H groups in total. The minimum Gasteiger partial charge on any atom is -0.383 e. The van der Waals surface area contributed by atoms with Gasteiger partial charge >= 0.3 is 0 Å². The van der Waals surface area contributed by atoms with Crippen LogP contribution in [0.15, 0.2) is 18.3 Å². The van der Waals surface area contributed by atoms with Crippen LogP contribution in [0.4, 0.5) is 5.82 Å². The van der Waals surface area contributed by atoms with Crippen molar-refractivity contribution >= 4 is 5.82 Å². The van der Waals surface area contributed by atoms with Crippen molar-refractivity contribution in [2.75, 3.05) is 5.73 Å². The first kappa shape index (κ1) is 16.7. The van der Waals surface area contributed by atoms with Gasteiger partial charge in [-0.25, -0.2) is 4.98 Å². The second kappa shape index (κ2) is 6.77. The minimum absolute atomic E-state index is 0.207. The highest BCUT2D eigenvalue weighted by atomic mass is 15.3. The van der Waals surface area contributed by atoms with Crippen LogP contribution in [0.5, 0.6) is 0 Å². The summed E-state index contributed by atoms with van der Waals surface area (Å²) in [6.45, 7) is 6.94. The highest BCUT2D eigenvalue weighted by Crippen LogP contribution is 2.31. The van der Waals surface area contributed by atoms with Crippen LogP contribution in [-0.2, 0) is 13.0 Å². The maximum atomic E-state index is 9.49. The van der Waals surface area contributed by atoms with Crippen molar-refractivity contribution in [3.05, 3.63) is 35.3 Å². The van der Waals surface area contributed by atoms with Crippen molar-refractivity contribution in [2.45, 2.75) is 40.2 Å². The summed E-state index contributed by atoms with van der Waals surface area (Å²) in [4.78, 5) is 4.43. The lowest BCUT2D eigenvalue weighted by Crippen LogP contribution is -2.00. The van der Waals surface area contributed by atoms with Gasteiger partial charge in [0.05, 0.1) is 17.1 Å². The fourth-order valence-corrected chi connectivity index (χ4v) is 2.82. The number of rotatable bonds is 5. The molecule has 7 heteroatoms. The Morgan fingerprint density at radius 1 is 1.24 bits per heavy atom. The molecule has 0 fully saturated rings. The van der Waals surface area contributed by atoms with Gasteiger partial charge in [-0.2, -0.15) is 15.5 Å². The summed E-state index contributed by atoms with van der Waals surface area (Å²) in [5.41, 5.74) is 11.3. The Labute approximate surface area is 146 Å². The van der Waals surface area contributed by atoms with Gasteiger partial charge < -0.3 is 5.73 Å². The second-order valence-electron chi connectivity index (χ2n) is 5.95. The zero-order valence-corrected chi connectivity index (χ0v) is 14.7. The Balaban J connectivity index is 2.15. The summed E-state index contributed by atoms with van der Waals surface area (Å²) in [6, 6.07) is 5.95. The number of aryl methyl sites for hydroxylation is 3. The van der Waals surface area contributed by atoms with E-state index in [1.54, 1.807) is 0 Å². The predicted octanol–water partition coefficient (Wildman–Crippen LogP) is 3.07. The van der Waals surface area contributed by atoms with Crippen LogP contribution in [0.2, 0.25) is 0 Å². The Bertz CT molecular complexity index is 943. The van der Waals surface area contributed by atoms with E-state index in [1.807, 2.05) is 36.9 Å². The molecule has 0 aromatic carbocycles. The zero-order chi connectivity index (χ0) is 18.0. The number of nitrogens with two attached hydrogens (primary N) is 1. The summed E-state index contributed by atoms with van der Waals surface area (Å²) in [7, 11) is 0. The molecule has 0 spiro atoms. The molecular formula is C18H21N7. The summed E-state index contributed by atoms with van der Waals surface area (Å²) < 4.78 is 1.91. The fourth-order valence-electron chi connectivity index (χ4n) is 2.82. The summed E-state index contributed by atoms with van der Waals surface area (Å²) in [5, 5.41) is 21.3. The molecule has 3 aromatic heterocycles. The smallest absolute Gasteiger partial charge is 0.142 e. The van der Waals surface area contributed by atoms with Gasteiger partial charge in [-0.15, -0.1) is 0 Å². The normalized spacial score (nSPS) is 10.8. The van der Waals surface area contributed by atoms with E-state index in [4.69, 9.17) is 5.73 Å². The van der Waals surface area contributed by atoms with E-state index in [9.17, 15) is 5.26 Å². The van der Waals surface area contributed by atoms with E-state index in [0.29, 0.717) is 22.5 Å². The summed E-state index contributed by atoms with van der Waals surface area (Å²) in [6.07, 6.45) is 3.81. The largest absolute Gasteiger partial charge is 0.383 e. The van der Waals surface area contributed by atoms with Crippen molar-refractivity contribution in [3.8, 4) is 28.6 Å². The van der Waals surface area contributed by atoms with Crippen LogP contribution in [0, 0.1) is 18.3 Å². The molecule has 0 atom stereocenters. The van der Waals surface area contributed by atoms with Crippen molar-refractivity contribution in [1.29, 1.82) is 5.26 Å². The number of hydrogen-bond acceptors (Lipinski definition) is 5. The third kappa shape index (κ3) is 3.11. The molecule has 0 saturated carbocycles. The number of hydrogen-bond donors (Lipinski definition) is 2. The Morgan fingerprint density at radius 2 is 2.04 bits per heavy atom. The van der Waals surface area contributed by atoms with E-state index in [2.05, 4.69) is 33.3 Å². The van der Waals surface area contributed by atoms with Crippen LogP contribution in [0.3, 0.4) is 0 Å². The number of H-pyrrole nitrogens is 1. The van der Waals surface area contributed by atoms with E-state index in [-0.39, 0.29) is 5.82 Å². The van der Waals surface area contributed by atoms with E-state index in [0.717, 1.165) is 36.3 Å². The maximum Gasteiger partial charge on any atom is 0.142 e. The van der Waals surface area contributed by atoms with Gasteiger partial charge in [-0.3, -0.25) is 9.78 Å². The molecule has 0 radical (unpaired) electrons. The predicted molar refractivity (Wildman–Crippen MR) is 96.6 cm³/mol. The van der Waals surface area contributed by atoms with Gasteiger partial charge in [-0.1, -0.05) is 13.8 Å². The Morgan fingerprint density at radius 3 is 2.68 bits per heavy atom. The van der Waals surface area contributed by atoms with Crippen LogP contribution in [0.1, 0.15) is 37.2 Å². The number of nitrogens with one attached hydrogen (secondary N) is 1. The van der Waals surface area contributed by atoms with E-state index >= 15 is 0 Å². The molecule has 3 rings (SSSR count). The first-order valence-electron chi connectivity index (χ1n) is 8.37. The first-order chi connectivity index (χ1) is 12.1. The second-order valence-corrected chi connectivity index (χ2v) is 5.95. The lowest BCUT2D eigenvalue weighted by atomic mass is 10.0. The highest BCUT2D eigenvalue weighted by Gasteiger charge is 2.17. The monoisotopic (exact) mass is 335 g/mol. The number of nitriles is 1. The van der Waals surface area contributed by atoms with Gasteiger partial charge in [0.2, 0.25) is 0 Å². The van der Waals surface area contributed by atoms with Gasteiger partial charge in [0.1, 0.15) is 17.5 Å². The molecule has 0 unspecified atom stereocenters. The number of pyridine rings is 1.